The SMILES string of the molecule is CC1CC(C)C(Oc2cc(F)ccc2F)C(N)C1. The molecule has 4 heteroatoms. The summed E-state index contributed by atoms with van der Waals surface area (Å²) in [6, 6.07) is 3.10. The number of rotatable bonds is 2. The molecule has 1 aliphatic rings. The lowest BCUT2D eigenvalue weighted by atomic mass is 9.78. The van der Waals surface area contributed by atoms with Crippen LogP contribution in [-0.2, 0) is 0 Å². The second kappa shape index (κ2) is 5.22. The van der Waals surface area contributed by atoms with Gasteiger partial charge in [0, 0.05) is 12.1 Å². The van der Waals surface area contributed by atoms with E-state index in [0.29, 0.717) is 5.92 Å². The minimum absolute atomic E-state index is 0.0446. The molecule has 1 aromatic carbocycles. The van der Waals surface area contributed by atoms with Gasteiger partial charge in [-0.05, 0) is 36.8 Å². The van der Waals surface area contributed by atoms with Crippen molar-refractivity contribution in [3.63, 3.8) is 0 Å². The van der Waals surface area contributed by atoms with Gasteiger partial charge in [-0.25, -0.2) is 8.78 Å². The van der Waals surface area contributed by atoms with Crippen LogP contribution in [0.1, 0.15) is 26.7 Å². The van der Waals surface area contributed by atoms with Gasteiger partial charge in [-0.3, -0.25) is 0 Å². The molecule has 0 aromatic heterocycles. The zero-order chi connectivity index (χ0) is 13.3. The van der Waals surface area contributed by atoms with Crippen LogP contribution in [0.25, 0.3) is 0 Å². The van der Waals surface area contributed by atoms with Gasteiger partial charge in [-0.2, -0.15) is 0 Å². The van der Waals surface area contributed by atoms with Crippen molar-refractivity contribution in [1.29, 1.82) is 0 Å². The molecule has 100 valence electrons. The van der Waals surface area contributed by atoms with Crippen LogP contribution in [0.3, 0.4) is 0 Å². The van der Waals surface area contributed by atoms with Crippen LogP contribution in [0, 0.1) is 23.5 Å². The van der Waals surface area contributed by atoms with E-state index in [-0.39, 0.29) is 23.8 Å². The van der Waals surface area contributed by atoms with Crippen molar-refractivity contribution in [2.45, 2.75) is 38.8 Å². The fourth-order valence-electron chi connectivity index (χ4n) is 2.80. The molecule has 0 heterocycles. The largest absolute Gasteiger partial charge is 0.485 e. The van der Waals surface area contributed by atoms with Gasteiger partial charge in [-0.1, -0.05) is 13.8 Å². The highest BCUT2D eigenvalue weighted by Crippen LogP contribution is 2.32. The quantitative estimate of drug-likeness (QED) is 0.881. The van der Waals surface area contributed by atoms with Crippen LogP contribution < -0.4 is 10.5 Å². The Morgan fingerprint density at radius 1 is 1.22 bits per heavy atom. The highest BCUT2D eigenvalue weighted by atomic mass is 19.1. The molecule has 0 spiro atoms. The lowest BCUT2D eigenvalue weighted by Gasteiger charge is -2.37. The first kappa shape index (κ1) is 13.3. The van der Waals surface area contributed by atoms with E-state index in [4.69, 9.17) is 10.5 Å². The van der Waals surface area contributed by atoms with Crippen LogP contribution in [0.2, 0.25) is 0 Å². The number of hydrogen-bond acceptors (Lipinski definition) is 2. The predicted octanol–water partition coefficient (Wildman–Crippen LogP) is 3.11. The Bertz CT molecular complexity index is 412. The Labute approximate surface area is 106 Å². The van der Waals surface area contributed by atoms with Crippen molar-refractivity contribution in [2.75, 3.05) is 0 Å². The summed E-state index contributed by atoms with van der Waals surface area (Å²) in [6.45, 7) is 4.19. The first-order chi connectivity index (χ1) is 8.47. The van der Waals surface area contributed by atoms with E-state index in [1.54, 1.807) is 0 Å². The van der Waals surface area contributed by atoms with Crippen LogP contribution in [-0.4, -0.2) is 12.1 Å². The standard InChI is InChI=1S/C14H19F2NO/c1-8-5-9(2)14(12(17)6-8)18-13-7-10(15)3-4-11(13)16/h3-4,7-9,12,14H,5-6,17H2,1-2H3. The Morgan fingerprint density at radius 3 is 2.61 bits per heavy atom. The summed E-state index contributed by atoms with van der Waals surface area (Å²) < 4.78 is 32.2. The Hall–Kier alpha value is -1.16. The number of ether oxygens (including phenoxy) is 1. The highest BCUT2D eigenvalue weighted by molar-refractivity contribution is 5.25. The van der Waals surface area contributed by atoms with Crippen LogP contribution in [0.4, 0.5) is 8.78 Å². The molecule has 0 saturated heterocycles. The minimum Gasteiger partial charge on any atom is -0.485 e. The topological polar surface area (TPSA) is 35.2 Å². The Kier molecular flexibility index (Phi) is 3.85. The maximum Gasteiger partial charge on any atom is 0.165 e. The van der Waals surface area contributed by atoms with E-state index in [0.717, 1.165) is 31.0 Å². The number of halogens is 2. The molecule has 4 atom stereocenters. The average molecular weight is 255 g/mol. The Morgan fingerprint density at radius 2 is 1.94 bits per heavy atom. The third-order valence-electron chi connectivity index (χ3n) is 3.59. The number of hydrogen-bond donors (Lipinski definition) is 1. The summed E-state index contributed by atoms with van der Waals surface area (Å²) in [5.74, 6) is -0.304. The fraction of sp³-hybridized carbons (Fsp3) is 0.571. The van der Waals surface area contributed by atoms with Gasteiger partial charge >= 0.3 is 0 Å². The molecule has 18 heavy (non-hydrogen) atoms. The van der Waals surface area contributed by atoms with Crippen molar-refractivity contribution in [2.24, 2.45) is 17.6 Å². The van der Waals surface area contributed by atoms with Crippen molar-refractivity contribution in [3.05, 3.63) is 29.8 Å². The molecule has 2 nitrogen and oxygen atoms in total. The van der Waals surface area contributed by atoms with Crippen LogP contribution >= 0.6 is 0 Å². The fourth-order valence-corrected chi connectivity index (χ4v) is 2.80. The smallest absolute Gasteiger partial charge is 0.165 e. The zero-order valence-corrected chi connectivity index (χ0v) is 10.7. The van der Waals surface area contributed by atoms with Crippen molar-refractivity contribution >= 4 is 0 Å². The molecule has 0 aliphatic heterocycles. The van der Waals surface area contributed by atoms with Gasteiger partial charge in [0.15, 0.2) is 11.6 Å². The van der Waals surface area contributed by atoms with E-state index in [1.807, 2.05) is 6.92 Å². The lowest BCUT2D eigenvalue weighted by molar-refractivity contribution is 0.0591. The normalized spacial score (nSPS) is 32.3. The molecule has 4 unspecified atom stereocenters. The minimum atomic E-state index is -0.547. The Balaban J connectivity index is 2.15. The number of nitrogens with two attached hydrogens (primary N) is 1. The first-order valence-corrected chi connectivity index (χ1v) is 6.34. The monoisotopic (exact) mass is 255 g/mol. The average Bonchev–Trinajstić information content (AvgIpc) is 2.28. The molecule has 1 saturated carbocycles. The van der Waals surface area contributed by atoms with E-state index in [1.165, 1.54) is 0 Å². The summed E-state index contributed by atoms with van der Waals surface area (Å²) >= 11 is 0. The third-order valence-corrected chi connectivity index (χ3v) is 3.59. The highest BCUT2D eigenvalue weighted by Gasteiger charge is 2.33. The van der Waals surface area contributed by atoms with E-state index in [9.17, 15) is 8.78 Å². The van der Waals surface area contributed by atoms with E-state index < -0.39 is 11.6 Å². The molecule has 1 fully saturated rings. The molecule has 1 aromatic rings. The second-order valence-electron chi connectivity index (χ2n) is 5.37. The summed E-state index contributed by atoms with van der Waals surface area (Å²) in [4.78, 5) is 0. The van der Waals surface area contributed by atoms with Gasteiger partial charge in [0.05, 0.1) is 0 Å². The molecular weight excluding hydrogens is 236 g/mol. The molecular formula is C14H19F2NO. The maximum atomic E-state index is 13.5. The van der Waals surface area contributed by atoms with Gasteiger partial charge in [0.1, 0.15) is 11.9 Å². The van der Waals surface area contributed by atoms with Crippen LogP contribution in [0.5, 0.6) is 5.75 Å². The lowest BCUT2D eigenvalue weighted by Crippen LogP contribution is -2.48. The van der Waals surface area contributed by atoms with Crippen molar-refractivity contribution in [3.8, 4) is 5.75 Å². The molecule has 0 bridgehead atoms. The molecule has 1 aliphatic carbocycles. The predicted molar refractivity (Wildman–Crippen MR) is 66.3 cm³/mol. The van der Waals surface area contributed by atoms with Gasteiger partial charge in [-0.15, -0.1) is 0 Å². The molecule has 2 N–H and O–H groups in total. The third kappa shape index (κ3) is 2.80. The van der Waals surface area contributed by atoms with Gasteiger partial charge in [0.25, 0.3) is 0 Å². The van der Waals surface area contributed by atoms with Crippen LogP contribution in [0.15, 0.2) is 18.2 Å². The van der Waals surface area contributed by atoms with Crippen molar-refractivity contribution < 1.29 is 13.5 Å². The zero-order valence-electron chi connectivity index (χ0n) is 10.7. The second-order valence-corrected chi connectivity index (χ2v) is 5.37. The summed E-state index contributed by atoms with van der Waals surface area (Å²) in [5.41, 5.74) is 6.05. The van der Waals surface area contributed by atoms with Gasteiger partial charge < -0.3 is 10.5 Å². The molecule has 0 amide bonds. The molecule has 0 radical (unpaired) electrons. The molecule has 2 rings (SSSR count). The summed E-state index contributed by atoms with van der Waals surface area (Å²) in [7, 11) is 0. The van der Waals surface area contributed by atoms with E-state index in [2.05, 4.69) is 6.92 Å². The maximum absolute atomic E-state index is 13.5. The first-order valence-electron chi connectivity index (χ1n) is 6.34. The summed E-state index contributed by atoms with van der Waals surface area (Å²) in [5, 5.41) is 0. The van der Waals surface area contributed by atoms with E-state index >= 15 is 0 Å². The van der Waals surface area contributed by atoms with Gasteiger partial charge in [0.2, 0.25) is 0 Å². The van der Waals surface area contributed by atoms with Crippen molar-refractivity contribution in [1.82, 2.24) is 0 Å². The summed E-state index contributed by atoms with van der Waals surface area (Å²) in [6.07, 6.45) is 1.60. The number of benzene rings is 1.